The first-order valence-electron chi connectivity index (χ1n) is 13.4. The highest BCUT2D eigenvalue weighted by Gasteiger charge is 2.22. The number of nitrogens with one attached hydrogen (secondary N) is 2. The minimum absolute atomic E-state index is 0.0338. The molecule has 0 aliphatic rings. The van der Waals surface area contributed by atoms with E-state index in [1.165, 1.54) is 12.1 Å². The normalized spacial score (nSPS) is 11.2. The maximum absolute atomic E-state index is 13.8. The minimum Gasteiger partial charge on any atom is -0.294 e. The second-order valence-electron chi connectivity index (χ2n) is 9.65. The van der Waals surface area contributed by atoms with E-state index in [0.717, 1.165) is 33.6 Å². The zero-order valence-corrected chi connectivity index (χ0v) is 25.3. The second-order valence-corrected chi connectivity index (χ2v) is 12.1. The van der Waals surface area contributed by atoms with Gasteiger partial charge in [0.05, 0.1) is 0 Å². The number of urea groups is 1. The molecule has 0 atom stereocenters. The van der Waals surface area contributed by atoms with Crippen molar-refractivity contribution in [1.82, 2.24) is 9.71 Å². The Balaban J connectivity index is 1.36. The lowest BCUT2D eigenvalue weighted by molar-refractivity contribution is 0.256. The Labute approximate surface area is 260 Å². The van der Waals surface area contributed by atoms with Crippen molar-refractivity contribution in [3.05, 3.63) is 136 Å². The third-order valence-electron chi connectivity index (χ3n) is 6.87. The Morgan fingerprint density at radius 1 is 0.884 bits per heavy atom. The van der Waals surface area contributed by atoms with Crippen molar-refractivity contribution in [2.75, 3.05) is 16.8 Å². The highest BCUT2D eigenvalue weighted by molar-refractivity contribution is 7.70. The lowest BCUT2D eigenvalue weighted by Crippen LogP contribution is -2.36. The van der Waals surface area contributed by atoms with Gasteiger partial charge in [-0.3, -0.25) is 10.2 Å². The lowest BCUT2D eigenvalue weighted by Gasteiger charge is -2.26. The fourth-order valence-corrected chi connectivity index (χ4v) is 6.14. The molecule has 220 valence electrons. The molecular weight excluding hydrogens is 607 g/mol. The van der Waals surface area contributed by atoms with E-state index in [2.05, 4.69) is 39.3 Å². The molecule has 1 heterocycles. The van der Waals surface area contributed by atoms with Crippen LogP contribution >= 0.6 is 22.9 Å². The molecule has 2 N–H and O–H groups in total. The number of nitrogens with zero attached hydrogens (tertiary/aromatic N) is 2. The van der Waals surface area contributed by atoms with Gasteiger partial charge >= 0.3 is 6.03 Å². The standard InChI is InChI=1S/C32H28ClFN4O3S2/c33-30-29(25-13-11-22(12-14-25)21-35-43(40)41)36-31(42-30)37-32(39)38(27-17-15-26(34)16-18-27)20-19-28(23-7-3-1-4-8-23)24-9-5-2-6-10-24/h1-18,28,43H,19-21H2,(H,35,40,41)(H,36,37,39). The van der Waals surface area contributed by atoms with Gasteiger partial charge in [-0.15, -0.1) is 0 Å². The van der Waals surface area contributed by atoms with Crippen LogP contribution in [0.3, 0.4) is 0 Å². The molecular formula is C32H28ClFN4O3S2. The number of halogens is 2. The Bertz CT molecular complexity index is 1690. The van der Waals surface area contributed by atoms with E-state index < -0.39 is 22.7 Å². The van der Waals surface area contributed by atoms with Gasteiger partial charge in [-0.05, 0) is 47.4 Å². The molecule has 7 nitrogen and oxygen atoms in total. The van der Waals surface area contributed by atoms with Crippen LogP contribution in [0.4, 0.5) is 20.0 Å². The molecule has 4 aromatic carbocycles. The van der Waals surface area contributed by atoms with Crippen LogP contribution in [0.15, 0.2) is 109 Å². The minimum atomic E-state index is -2.69. The van der Waals surface area contributed by atoms with Crippen LogP contribution in [0, 0.1) is 5.82 Å². The molecule has 0 aliphatic carbocycles. The van der Waals surface area contributed by atoms with Crippen LogP contribution in [-0.4, -0.2) is 26.0 Å². The van der Waals surface area contributed by atoms with Crippen molar-refractivity contribution >= 4 is 50.7 Å². The Hall–Kier alpha value is -4.09. The molecule has 0 spiro atoms. The van der Waals surface area contributed by atoms with Gasteiger partial charge in [-0.1, -0.05) is 108 Å². The van der Waals surface area contributed by atoms with Crippen LogP contribution in [0.5, 0.6) is 0 Å². The molecule has 0 fully saturated rings. The molecule has 11 heteroatoms. The second kappa shape index (κ2) is 14.4. The average Bonchev–Trinajstić information content (AvgIpc) is 3.39. The van der Waals surface area contributed by atoms with E-state index in [-0.39, 0.29) is 12.5 Å². The topological polar surface area (TPSA) is 91.4 Å². The lowest BCUT2D eigenvalue weighted by atomic mass is 9.88. The molecule has 0 saturated carbocycles. The number of thiazole rings is 1. The van der Waals surface area contributed by atoms with Gasteiger partial charge in [0.1, 0.15) is 15.8 Å². The molecule has 5 rings (SSSR count). The first kappa shape index (κ1) is 30.4. The summed E-state index contributed by atoms with van der Waals surface area (Å²) < 4.78 is 38.1. The van der Waals surface area contributed by atoms with Crippen LogP contribution < -0.4 is 14.9 Å². The smallest absolute Gasteiger partial charge is 0.294 e. The van der Waals surface area contributed by atoms with E-state index in [1.54, 1.807) is 41.3 Å². The molecule has 0 bridgehead atoms. The van der Waals surface area contributed by atoms with Crippen LogP contribution in [0.25, 0.3) is 11.3 Å². The van der Waals surface area contributed by atoms with Crippen molar-refractivity contribution in [3.8, 4) is 11.3 Å². The third kappa shape index (κ3) is 8.05. The van der Waals surface area contributed by atoms with Crippen molar-refractivity contribution in [2.24, 2.45) is 0 Å². The number of aromatic nitrogens is 1. The molecule has 0 saturated heterocycles. The van der Waals surface area contributed by atoms with Gasteiger partial charge < -0.3 is 0 Å². The van der Waals surface area contributed by atoms with E-state index in [4.69, 9.17) is 11.6 Å². The average molecular weight is 635 g/mol. The zero-order valence-electron chi connectivity index (χ0n) is 22.8. The van der Waals surface area contributed by atoms with Gasteiger partial charge in [-0.25, -0.2) is 27.3 Å². The number of rotatable bonds is 11. The summed E-state index contributed by atoms with van der Waals surface area (Å²) in [4.78, 5) is 19.8. The third-order valence-corrected chi connectivity index (χ3v) is 8.45. The van der Waals surface area contributed by atoms with Crippen molar-refractivity contribution in [2.45, 2.75) is 18.9 Å². The van der Waals surface area contributed by atoms with Gasteiger partial charge in [0.25, 0.3) is 0 Å². The molecule has 1 aromatic heterocycles. The van der Waals surface area contributed by atoms with Gasteiger partial charge in [0.15, 0.2) is 5.13 Å². The number of carbonyl (C=O) groups excluding carboxylic acids is 1. The fraction of sp³-hybridized carbons (Fsp3) is 0.125. The summed E-state index contributed by atoms with van der Waals surface area (Å²) in [5.74, 6) is -0.359. The van der Waals surface area contributed by atoms with Gasteiger partial charge in [-0.2, -0.15) is 0 Å². The van der Waals surface area contributed by atoms with Crippen molar-refractivity contribution in [1.29, 1.82) is 0 Å². The number of hydrogen-bond donors (Lipinski definition) is 3. The number of thiol groups is 1. The van der Waals surface area contributed by atoms with E-state index in [9.17, 15) is 17.6 Å². The summed E-state index contributed by atoms with van der Waals surface area (Å²) in [6.45, 7) is 0.530. The summed E-state index contributed by atoms with van der Waals surface area (Å²) >= 11 is 7.65. The summed E-state index contributed by atoms with van der Waals surface area (Å²) in [6.07, 6.45) is 0.616. The molecule has 0 radical (unpaired) electrons. The number of anilines is 2. The number of amides is 2. The first-order valence-corrected chi connectivity index (χ1v) is 15.8. The van der Waals surface area contributed by atoms with Crippen molar-refractivity contribution < 1.29 is 17.6 Å². The Morgan fingerprint density at radius 2 is 1.49 bits per heavy atom. The largest absolute Gasteiger partial charge is 0.328 e. The van der Waals surface area contributed by atoms with Gasteiger partial charge in [0.2, 0.25) is 10.9 Å². The summed E-state index contributed by atoms with van der Waals surface area (Å²) in [5, 5.41) is 3.19. The Morgan fingerprint density at radius 3 is 2.07 bits per heavy atom. The maximum Gasteiger partial charge on any atom is 0.328 e. The summed E-state index contributed by atoms with van der Waals surface area (Å²) in [5.41, 5.74) is 4.81. The van der Waals surface area contributed by atoms with Crippen LogP contribution in [0.2, 0.25) is 4.34 Å². The Kier molecular flexibility index (Phi) is 10.2. The maximum atomic E-state index is 13.8. The number of benzene rings is 4. The summed E-state index contributed by atoms with van der Waals surface area (Å²) in [6, 6.07) is 32.8. The van der Waals surface area contributed by atoms with E-state index >= 15 is 0 Å². The molecule has 0 unspecified atom stereocenters. The molecule has 5 aromatic rings. The zero-order chi connectivity index (χ0) is 30.2. The van der Waals surface area contributed by atoms with E-state index in [1.807, 2.05) is 36.4 Å². The highest BCUT2D eigenvalue weighted by atomic mass is 35.5. The van der Waals surface area contributed by atoms with Crippen LogP contribution in [0.1, 0.15) is 29.0 Å². The monoisotopic (exact) mass is 634 g/mol. The van der Waals surface area contributed by atoms with Crippen LogP contribution in [-0.2, 0) is 17.4 Å². The fourth-order valence-electron chi connectivity index (χ4n) is 4.75. The predicted octanol–water partition coefficient (Wildman–Crippen LogP) is 7.48. The highest BCUT2D eigenvalue weighted by Crippen LogP contribution is 2.36. The predicted molar refractivity (Wildman–Crippen MR) is 172 cm³/mol. The number of hydrogen-bond acceptors (Lipinski definition) is 5. The summed E-state index contributed by atoms with van der Waals surface area (Å²) in [7, 11) is -2.69. The quantitative estimate of drug-likeness (QED) is 0.131. The first-order chi connectivity index (χ1) is 20.9. The molecule has 43 heavy (non-hydrogen) atoms. The molecule has 0 aliphatic heterocycles. The van der Waals surface area contributed by atoms with Crippen molar-refractivity contribution in [3.63, 3.8) is 0 Å². The molecule has 2 amide bonds. The van der Waals surface area contributed by atoms with E-state index in [0.29, 0.717) is 33.8 Å². The van der Waals surface area contributed by atoms with Gasteiger partial charge in [0, 0.05) is 30.3 Å². The SMILES string of the molecule is O=C(Nc1nc(-c2ccc(CN[SH](=O)=O)cc2)c(Cl)s1)N(CCC(c1ccccc1)c1ccccc1)c1ccc(F)cc1. The number of carbonyl (C=O) groups is 1.